The highest BCUT2D eigenvalue weighted by atomic mass is 16.5. The number of ketones is 1. The number of hydrogen-bond acceptors (Lipinski definition) is 5. The Hall–Kier alpha value is -1.49. The Morgan fingerprint density at radius 1 is 1.28 bits per heavy atom. The zero-order valence-corrected chi connectivity index (χ0v) is 14.9. The van der Waals surface area contributed by atoms with Crippen molar-refractivity contribution in [2.45, 2.75) is 52.1 Å². The van der Waals surface area contributed by atoms with Crippen LogP contribution in [0.4, 0.5) is 0 Å². The van der Waals surface area contributed by atoms with Crippen molar-refractivity contribution in [3.05, 3.63) is 12.2 Å². The van der Waals surface area contributed by atoms with Gasteiger partial charge in [0.1, 0.15) is 11.7 Å². The molecule has 3 aliphatic carbocycles. The van der Waals surface area contributed by atoms with E-state index in [0.717, 1.165) is 19.1 Å². The van der Waals surface area contributed by atoms with Gasteiger partial charge in [0.2, 0.25) is 0 Å². The van der Waals surface area contributed by atoms with Gasteiger partial charge < -0.3 is 14.6 Å². The fourth-order valence-corrected chi connectivity index (χ4v) is 6.71. The van der Waals surface area contributed by atoms with E-state index >= 15 is 0 Å². The van der Waals surface area contributed by atoms with Gasteiger partial charge in [-0.25, -0.2) is 0 Å². The maximum Gasteiger partial charge on any atom is 0.320 e. The lowest BCUT2D eigenvalue weighted by Gasteiger charge is -2.60. The number of aliphatic hydroxyl groups excluding tert-OH is 1. The second-order valence-electron chi connectivity index (χ2n) is 9.27. The van der Waals surface area contributed by atoms with Crippen LogP contribution in [-0.2, 0) is 19.1 Å². The summed E-state index contributed by atoms with van der Waals surface area (Å²) in [4.78, 5) is 38.0. The number of ether oxygens (including phenoxy) is 1. The van der Waals surface area contributed by atoms with Crippen LogP contribution in [0, 0.1) is 34.0 Å². The molecule has 1 saturated heterocycles. The average molecular weight is 346 g/mol. The molecule has 2 bridgehead atoms. The van der Waals surface area contributed by atoms with E-state index in [1.54, 1.807) is 0 Å². The van der Waals surface area contributed by atoms with Crippen LogP contribution in [0.15, 0.2) is 12.2 Å². The summed E-state index contributed by atoms with van der Waals surface area (Å²) in [7, 11) is 0. The number of allylic oxidation sites excluding steroid dienone is 1. The minimum atomic E-state index is -1.34. The highest BCUT2D eigenvalue weighted by molar-refractivity contribution is 6.15. The topological polar surface area (TPSA) is 80.7 Å². The molecule has 0 aromatic rings. The summed E-state index contributed by atoms with van der Waals surface area (Å²) < 4.78 is 5.58. The molecule has 5 nitrogen and oxygen atoms in total. The standard InChI is InChI=1S/C20H26O5/c1-11-12-7-13(22)15-19(6-4-5-18(2,3)14(19)9-21)10-25-17(24)20(15,8-12)16(11)23/h9,12-15,22H,1,4-8,10H2,2-3H3/t12-,13?,14?,15?,19?,20?/m0/s1. The van der Waals surface area contributed by atoms with Crippen molar-refractivity contribution in [2.75, 3.05) is 6.61 Å². The number of aliphatic hydroxyl groups is 1. The zero-order valence-electron chi connectivity index (χ0n) is 14.9. The molecule has 0 amide bonds. The number of esters is 1. The van der Waals surface area contributed by atoms with E-state index < -0.39 is 28.8 Å². The van der Waals surface area contributed by atoms with Gasteiger partial charge >= 0.3 is 5.97 Å². The van der Waals surface area contributed by atoms with Crippen molar-refractivity contribution in [2.24, 2.45) is 34.0 Å². The fourth-order valence-electron chi connectivity index (χ4n) is 6.71. The molecule has 0 aromatic carbocycles. The normalized spacial score (nSPS) is 48.2. The predicted octanol–water partition coefficient (Wildman–Crippen LogP) is 2.07. The van der Waals surface area contributed by atoms with E-state index in [-0.39, 0.29) is 29.6 Å². The van der Waals surface area contributed by atoms with Crippen molar-refractivity contribution in [3.63, 3.8) is 0 Å². The van der Waals surface area contributed by atoms with E-state index in [1.807, 2.05) is 0 Å². The molecule has 4 rings (SSSR count). The molecule has 1 heterocycles. The molecular formula is C20H26O5. The SMILES string of the molecule is C=C1C(=O)C23C[C@@H]1CC(O)C2C1(CCCC(C)(C)C1C=O)COC3=O. The van der Waals surface area contributed by atoms with Crippen molar-refractivity contribution in [1.82, 2.24) is 0 Å². The quantitative estimate of drug-likeness (QED) is 0.340. The number of cyclic esters (lactones) is 1. The van der Waals surface area contributed by atoms with Crippen LogP contribution in [0.5, 0.6) is 0 Å². The van der Waals surface area contributed by atoms with E-state index in [0.29, 0.717) is 24.8 Å². The predicted molar refractivity (Wildman–Crippen MR) is 89.4 cm³/mol. The van der Waals surface area contributed by atoms with E-state index in [1.165, 1.54) is 0 Å². The lowest BCUT2D eigenvalue weighted by atomic mass is 9.44. The Bertz CT molecular complexity index is 680. The summed E-state index contributed by atoms with van der Waals surface area (Å²) >= 11 is 0. The molecule has 6 atom stereocenters. The van der Waals surface area contributed by atoms with Gasteiger partial charge in [0.25, 0.3) is 0 Å². The first kappa shape index (κ1) is 17.0. The Morgan fingerprint density at radius 2 is 2.00 bits per heavy atom. The van der Waals surface area contributed by atoms with Gasteiger partial charge in [-0.2, -0.15) is 0 Å². The lowest BCUT2D eigenvalue weighted by Crippen LogP contribution is -2.66. The largest absolute Gasteiger partial charge is 0.464 e. The molecule has 4 aliphatic rings. The number of aldehydes is 1. The number of rotatable bonds is 1. The van der Waals surface area contributed by atoms with E-state index in [9.17, 15) is 19.5 Å². The summed E-state index contributed by atoms with van der Waals surface area (Å²) in [5.74, 6) is -1.86. The third-order valence-corrected chi connectivity index (χ3v) is 7.72. The zero-order chi connectivity index (χ0) is 18.2. The van der Waals surface area contributed by atoms with Gasteiger partial charge in [-0.3, -0.25) is 9.59 Å². The first-order chi connectivity index (χ1) is 11.7. The van der Waals surface area contributed by atoms with Crippen LogP contribution in [0.25, 0.3) is 0 Å². The Labute approximate surface area is 147 Å². The molecule has 4 fully saturated rings. The summed E-state index contributed by atoms with van der Waals surface area (Å²) in [6.45, 7) is 8.13. The van der Waals surface area contributed by atoms with Gasteiger partial charge in [0.15, 0.2) is 5.78 Å². The molecule has 1 N–H and O–H groups in total. The Morgan fingerprint density at radius 3 is 2.68 bits per heavy atom. The van der Waals surface area contributed by atoms with Gasteiger partial charge in [0.05, 0.1) is 12.7 Å². The van der Waals surface area contributed by atoms with Gasteiger partial charge in [0, 0.05) is 17.3 Å². The summed E-state index contributed by atoms with van der Waals surface area (Å²) in [5, 5.41) is 11.0. The number of hydrogen-bond donors (Lipinski definition) is 1. The number of Topliss-reactive ketones (excluding diaryl/α,β-unsaturated/α-hetero) is 1. The molecular weight excluding hydrogens is 320 g/mol. The van der Waals surface area contributed by atoms with Crippen LogP contribution in [-0.4, -0.2) is 35.9 Å². The third kappa shape index (κ3) is 1.85. The van der Waals surface area contributed by atoms with Crippen LogP contribution < -0.4 is 0 Å². The van der Waals surface area contributed by atoms with Gasteiger partial charge in [-0.15, -0.1) is 0 Å². The number of fused-ring (bicyclic) bond motifs is 2. The molecule has 1 aliphatic heterocycles. The maximum atomic E-state index is 13.1. The van der Waals surface area contributed by atoms with E-state index in [4.69, 9.17) is 4.74 Å². The highest BCUT2D eigenvalue weighted by Gasteiger charge is 2.74. The first-order valence-corrected chi connectivity index (χ1v) is 9.25. The van der Waals surface area contributed by atoms with Crippen LogP contribution in [0.2, 0.25) is 0 Å². The Kier molecular flexibility index (Phi) is 3.41. The molecule has 5 heteroatoms. The smallest absolute Gasteiger partial charge is 0.320 e. The summed E-state index contributed by atoms with van der Waals surface area (Å²) in [6.07, 6.45) is 3.50. The number of carbonyl (C=O) groups is 3. The first-order valence-electron chi connectivity index (χ1n) is 9.25. The van der Waals surface area contributed by atoms with Gasteiger partial charge in [-0.05, 0) is 42.6 Å². The minimum Gasteiger partial charge on any atom is -0.464 e. The fraction of sp³-hybridized carbons (Fsp3) is 0.750. The molecule has 0 aromatic heterocycles. The van der Waals surface area contributed by atoms with Crippen molar-refractivity contribution >= 4 is 18.0 Å². The number of carbonyl (C=O) groups excluding carboxylic acids is 3. The van der Waals surface area contributed by atoms with Gasteiger partial charge in [-0.1, -0.05) is 26.8 Å². The maximum absolute atomic E-state index is 13.1. The molecule has 5 unspecified atom stereocenters. The lowest BCUT2D eigenvalue weighted by molar-refractivity contribution is -0.225. The minimum absolute atomic E-state index is 0.118. The molecule has 136 valence electrons. The van der Waals surface area contributed by atoms with Crippen molar-refractivity contribution in [1.29, 1.82) is 0 Å². The monoisotopic (exact) mass is 346 g/mol. The molecule has 3 saturated carbocycles. The second-order valence-corrected chi connectivity index (χ2v) is 9.27. The third-order valence-electron chi connectivity index (χ3n) is 7.72. The molecule has 2 spiro atoms. The van der Waals surface area contributed by atoms with Crippen LogP contribution in [0.3, 0.4) is 0 Å². The average Bonchev–Trinajstić information content (AvgIpc) is 2.73. The van der Waals surface area contributed by atoms with Crippen molar-refractivity contribution < 1.29 is 24.2 Å². The van der Waals surface area contributed by atoms with Crippen molar-refractivity contribution in [3.8, 4) is 0 Å². The summed E-state index contributed by atoms with van der Waals surface area (Å²) in [5.41, 5.74) is -1.82. The second kappa shape index (κ2) is 5.03. The molecule has 25 heavy (non-hydrogen) atoms. The van der Waals surface area contributed by atoms with Crippen LogP contribution >= 0.6 is 0 Å². The Balaban J connectivity index is 1.92. The molecule has 0 radical (unpaired) electrons. The van der Waals surface area contributed by atoms with Crippen LogP contribution in [0.1, 0.15) is 46.0 Å². The summed E-state index contributed by atoms with van der Waals surface area (Å²) in [6, 6.07) is 0. The van der Waals surface area contributed by atoms with E-state index in [2.05, 4.69) is 20.4 Å². The highest BCUT2D eigenvalue weighted by Crippen LogP contribution is 2.67.